The monoisotopic (exact) mass is 755 g/mol. The SMILES string of the molecule is CC/C=C\C/C=C\C/C=C\C/C=C\C/C=C\C/C=C\C/C=C\C/C=C\C/C=C\C/C=C\CCCCC(=O)OCC(O)COP(=O)([O-])OCC[N+](C)(C)C. The zero-order chi connectivity index (χ0) is 39.1. The molecule has 0 heterocycles. The van der Waals surface area contributed by atoms with Gasteiger partial charge in [0.15, 0.2) is 0 Å². The number of hydrogen-bond donors (Lipinski definition) is 1. The number of unbranched alkanes of at least 4 members (excludes halogenated alkanes) is 2. The van der Waals surface area contributed by atoms with Crippen molar-refractivity contribution in [2.24, 2.45) is 0 Å². The van der Waals surface area contributed by atoms with Gasteiger partial charge in [-0.25, -0.2) is 0 Å². The van der Waals surface area contributed by atoms with Gasteiger partial charge in [-0.2, -0.15) is 0 Å². The van der Waals surface area contributed by atoms with Gasteiger partial charge in [0.25, 0.3) is 7.82 Å². The van der Waals surface area contributed by atoms with Crippen molar-refractivity contribution in [1.29, 1.82) is 0 Å². The highest BCUT2D eigenvalue weighted by Crippen LogP contribution is 2.38. The van der Waals surface area contributed by atoms with E-state index in [4.69, 9.17) is 9.26 Å². The van der Waals surface area contributed by atoms with E-state index in [1.54, 1.807) is 0 Å². The molecule has 0 saturated carbocycles. The summed E-state index contributed by atoms with van der Waals surface area (Å²) in [6, 6.07) is 0. The van der Waals surface area contributed by atoms with Crippen LogP contribution in [0.25, 0.3) is 0 Å². The van der Waals surface area contributed by atoms with Crippen molar-refractivity contribution < 1.29 is 37.6 Å². The minimum Gasteiger partial charge on any atom is -0.756 e. The molecule has 8 nitrogen and oxygen atoms in total. The van der Waals surface area contributed by atoms with E-state index in [1.807, 2.05) is 21.1 Å². The number of nitrogens with zero attached hydrogens (tertiary/aromatic N) is 1. The van der Waals surface area contributed by atoms with Crippen LogP contribution in [0.3, 0.4) is 0 Å². The van der Waals surface area contributed by atoms with Crippen molar-refractivity contribution in [2.45, 2.75) is 103 Å². The maximum atomic E-state index is 11.9. The lowest BCUT2D eigenvalue weighted by atomic mass is 10.2. The molecule has 0 aromatic rings. The highest BCUT2D eigenvalue weighted by Gasteiger charge is 2.16. The Morgan fingerprint density at radius 2 is 0.981 bits per heavy atom. The van der Waals surface area contributed by atoms with E-state index in [9.17, 15) is 19.4 Å². The van der Waals surface area contributed by atoms with Crippen LogP contribution in [0.4, 0.5) is 0 Å². The number of allylic oxidation sites excluding steroid dienone is 20. The molecule has 1 N–H and O–H groups in total. The number of ether oxygens (including phenoxy) is 1. The molecule has 0 rings (SSSR count). The summed E-state index contributed by atoms with van der Waals surface area (Å²) in [6.07, 6.45) is 55.0. The van der Waals surface area contributed by atoms with Crippen molar-refractivity contribution in [1.82, 2.24) is 0 Å². The Hall–Kier alpha value is -3.10. The second kappa shape index (κ2) is 35.9. The molecule has 9 heteroatoms. The lowest BCUT2D eigenvalue weighted by Gasteiger charge is -2.27. The number of phosphoric acid groups is 1. The molecule has 0 amide bonds. The predicted octanol–water partition coefficient (Wildman–Crippen LogP) is 10.1. The number of phosphoric ester groups is 1. The lowest BCUT2D eigenvalue weighted by Crippen LogP contribution is -2.37. The minimum absolute atomic E-state index is 0.0227. The van der Waals surface area contributed by atoms with E-state index >= 15 is 0 Å². The van der Waals surface area contributed by atoms with Gasteiger partial charge in [0, 0.05) is 6.42 Å². The molecule has 0 aromatic carbocycles. The van der Waals surface area contributed by atoms with Crippen LogP contribution in [-0.4, -0.2) is 69.2 Å². The van der Waals surface area contributed by atoms with E-state index < -0.39 is 26.5 Å². The number of esters is 1. The molecule has 0 radical (unpaired) electrons. The maximum absolute atomic E-state index is 11.9. The minimum atomic E-state index is -4.52. The largest absolute Gasteiger partial charge is 0.756 e. The van der Waals surface area contributed by atoms with Gasteiger partial charge in [0.2, 0.25) is 0 Å². The van der Waals surface area contributed by atoms with Crippen molar-refractivity contribution in [3.8, 4) is 0 Å². The molecule has 0 aliphatic heterocycles. The topological polar surface area (TPSA) is 105 Å². The van der Waals surface area contributed by atoms with Gasteiger partial charge in [0.05, 0.1) is 27.7 Å². The van der Waals surface area contributed by atoms with Crippen LogP contribution < -0.4 is 4.89 Å². The average molecular weight is 756 g/mol. The third-order valence-corrected chi connectivity index (χ3v) is 8.19. The van der Waals surface area contributed by atoms with Gasteiger partial charge in [-0.3, -0.25) is 9.36 Å². The van der Waals surface area contributed by atoms with Crippen LogP contribution in [0, 0.1) is 0 Å². The van der Waals surface area contributed by atoms with Crippen molar-refractivity contribution in [2.75, 3.05) is 47.5 Å². The summed E-state index contributed by atoms with van der Waals surface area (Å²) in [5, 5.41) is 9.86. The molecular formula is C44H70NO7P. The van der Waals surface area contributed by atoms with Crippen LogP contribution in [-0.2, 0) is 23.1 Å². The van der Waals surface area contributed by atoms with Crippen LogP contribution >= 0.6 is 7.82 Å². The van der Waals surface area contributed by atoms with Gasteiger partial charge in [-0.05, 0) is 83.5 Å². The molecule has 0 aliphatic carbocycles. The molecule has 2 unspecified atom stereocenters. The van der Waals surface area contributed by atoms with Gasteiger partial charge >= 0.3 is 5.97 Å². The molecule has 298 valence electrons. The Morgan fingerprint density at radius 3 is 1.36 bits per heavy atom. The third kappa shape index (κ3) is 41.5. The van der Waals surface area contributed by atoms with E-state index in [0.717, 1.165) is 77.0 Å². The fourth-order valence-electron chi connectivity index (χ4n) is 4.21. The molecule has 0 saturated heterocycles. The van der Waals surface area contributed by atoms with Crippen molar-refractivity contribution in [3.63, 3.8) is 0 Å². The Kier molecular flexibility index (Phi) is 33.8. The predicted molar refractivity (Wildman–Crippen MR) is 221 cm³/mol. The number of carbonyl (C=O) groups is 1. The van der Waals surface area contributed by atoms with E-state index in [-0.39, 0.29) is 19.6 Å². The summed E-state index contributed by atoms with van der Waals surface area (Å²) in [4.78, 5) is 23.6. The van der Waals surface area contributed by atoms with Crippen LogP contribution in [0.2, 0.25) is 0 Å². The standard InChI is InChI=1S/C44H70NO7P/c1-5-6-7-8-9-10-11-12-13-14-15-16-17-18-19-20-21-22-23-24-25-26-27-28-29-30-31-32-33-34-35-36-37-38-44(47)50-41-43(46)42-52-53(48,49)51-40-39-45(2,3)4/h6-7,9-10,12-13,15-16,18-19,21-22,24-25,27-28,30-31,33-34,43,46H,5,8,11,14,17,20,23,26,29,32,35-42H2,1-4H3/b7-6-,10-9-,13-12-,16-15-,19-18-,22-21-,25-24-,28-27-,31-30-,34-33-. The number of carbonyl (C=O) groups excluding carboxylic acids is 1. The summed E-state index contributed by atoms with van der Waals surface area (Å²) in [5.41, 5.74) is 0. The smallest absolute Gasteiger partial charge is 0.305 e. The van der Waals surface area contributed by atoms with Gasteiger partial charge < -0.3 is 28.3 Å². The quantitative estimate of drug-likeness (QED) is 0.0234. The second-order valence-electron chi connectivity index (χ2n) is 13.4. The highest BCUT2D eigenvalue weighted by molar-refractivity contribution is 7.45. The number of aliphatic hydroxyl groups excluding tert-OH is 1. The Bertz CT molecular complexity index is 1250. The molecule has 0 aromatic heterocycles. The zero-order valence-electron chi connectivity index (χ0n) is 33.1. The first-order chi connectivity index (χ1) is 25.6. The molecule has 0 spiro atoms. The fourth-order valence-corrected chi connectivity index (χ4v) is 4.94. The zero-order valence-corrected chi connectivity index (χ0v) is 34.0. The van der Waals surface area contributed by atoms with E-state index in [2.05, 4.69) is 133 Å². The number of quaternary nitrogens is 1. The van der Waals surface area contributed by atoms with E-state index in [1.165, 1.54) is 0 Å². The summed E-state index contributed by atoms with van der Waals surface area (Å²) < 4.78 is 26.8. The molecule has 0 aliphatic rings. The molecule has 2 atom stereocenters. The fraction of sp³-hybridized carbons (Fsp3) is 0.523. The lowest BCUT2D eigenvalue weighted by molar-refractivity contribution is -0.870. The first kappa shape index (κ1) is 49.9. The molecular weight excluding hydrogens is 685 g/mol. The summed E-state index contributed by atoms with van der Waals surface area (Å²) in [6.45, 7) is 1.75. The Labute approximate surface area is 322 Å². The summed E-state index contributed by atoms with van der Waals surface area (Å²) >= 11 is 0. The number of likely N-dealkylation sites (N-methyl/N-ethyl adjacent to an activating group) is 1. The third-order valence-electron chi connectivity index (χ3n) is 7.23. The highest BCUT2D eigenvalue weighted by atomic mass is 31.2. The van der Waals surface area contributed by atoms with E-state index in [0.29, 0.717) is 17.4 Å². The van der Waals surface area contributed by atoms with Gasteiger partial charge in [0.1, 0.15) is 25.9 Å². The maximum Gasteiger partial charge on any atom is 0.305 e. The van der Waals surface area contributed by atoms with Crippen molar-refractivity contribution in [3.05, 3.63) is 122 Å². The van der Waals surface area contributed by atoms with Crippen LogP contribution in [0.5, 0.6) is 0 Å². The Morgan fingerprint density at radius 1 is 0.604 bits per heavy atom. The van der Waals surface area contributed by atoms with Crippen LogP contribution in [0.15, 0.2) is 122 Å². The first-order valence-electron chi connectivity index (χ1n) is 19.3. The van der Waals surface area contributed by atoms with Gasteiger partial charge in [-0.1, -0.05) is 128 Å². The second-order valence-corrected chi connectivity index (χ2v) is 14.8. The number of hydrogen-bond acceptors (Lipinski definition) is 7. The molecule has 53 heavy (non-hydrogen) atoms. The Balaban J connectivity index is 3.72. The summed E-state index contributed by atoms with van der Waals surface area (Å²) in [7, 11) is 1.20. The van der Waals surface area contributed by atoms with Gasteiger partial charge in [-0.15, -0.1) is 0 Å². The number of rotatable bonds is 33. The number of aliphatic hydroxyl groups is 1. The normalized spacial score (nSPS) is 15.2. The molecule has 0 bridgehead atoms. The van der Waals surface area contributed by atoms with Crippen LogP contribution in [0.1, 0.15) is 96.8 Å². The molecule has 0 fully saturated rings. The first-order valence-corrected chi connectivity index (χ1v) is 20.8. The average Bonchev–Trinajstić information content (AvgIpc) is 3.11. The summed E-state index contributed by atoms with van der Waals surface area (Å²) in [5.74, 6) is -0.436. The van der Waals surface area contributed by atoms with Crippen molar-refractivity contribution >= 4 is 13.8 Å².